The molecule has 1 rings (SSSR count). The minimum Gasteiger partial charge on any atom is -0.411 e. The maximum atomic E-state index is 8.35. The highest BCUT2D eigenvalue weighted by atomic mass is 16.4. The first-order valence-corrected chi connectivity index (χ1v) is 2.81. The molecule has 0 aromatic carbocycles. The van der Waals surface area contributed by atoms with Crippen molar-refractivity contribution in [2.24, 2.45) is 5.16 Å². The van der Waals surface area contributed by atoms with Gasteiger partial charge in [0.25, 0.3) is 0 Å². The summed E-state index contributed by atoms with van der Waals surface area (Å²) < 4.78 is 0. The fourth-order valence-corrected chi connectivity index (χ4v) is 0.707. The van der Waals surface area contributed by atoms with Gasteiger partial charge in [-0.05, 0) is 18.6 Å². The first-order chi connectivity index (χ1) is 4.34. The Hall–Kier alpha value is -1.05. The van der Waals surface area contributed by atoms with Gasteiger partial charge in [0.15, 0.2) is 0 Å². The van der Waals surface area contributed by atoms with Gasteiger partial charge in [-0.15, -0.1) is 0 Å². The largest absolute Gasteiger partial charge is 0.411 e. The Morgan fingerprint density at radius 3 is 3.00 bits per heavy atom. The van der Waals surface area contributed by atoms with Crippen molar-refractivity contribution in [3.63, 3.8) is 0 Å². The summed E-state index contributed by atoms with van der Waals surface area (Å²) in [5.41, 5.74) is 1.62. The molecule has 0 amide bonds. The molecule has 47 valence electrons. The molecule has 9 heavy (non-hydrogen) atoms. The zero-order valence-electron chi connectivity index (χ0n) is 5.26. The van der Waals surface area contributed by atoms with Gasteiger partial charge in [-0.25, -0.2) is 0 Å². The van der Waals surface area contributed by atoms with Crippen molar-refractivity contribution < 1.29 is 5.21 Å². The summed E-state index contributed by atoms with van der Waals surface area (Å²) in [4.78, 5) is 0. The third kappa shape index (κ3) is 1.19. The minimum absolute atomic E-state index is 0.706. The van der Waals surface area contributed by atoms with E-state index in [1.54, 1.807) is 0 Å². The van der Waals surface area contributed by atoms with Crippen molar-refractivity contribution in [3.8, 4) is 0 Å². The number of allylic oxidation sites excluding steroid dienone is 4. The molecule has 2 nitrogen and oxygen atoms in total. The van der Waals surface area contributed by atoms with Gasteiger partial charge in [0.2, 0.25) is 0 Å². The predicted molar refractivity (Wildman–Crippen MR) is 35.4 cm³/mol. The molecule has 0 aromatic rings. The van der Waals surface area contributed by atoms with E-state index in [0.29, 0.717) is 5.71 Å². The van der Waals surface area contributed by atoms with Crippen LogP contribution in [0.15, 0.2) is 22.9 Å². The van der Waals surface area contributed by atoms with Crippen molar-refractivity contribution in [1.29, 1.82) is 0 Å². The molecule has 0 bridgehead atoms. The molecule has 1 radical (unpaired) electrons. The van der Waals surface area contributed by atoms with Gasteiger partial charge in [0, 0.05) is 6.42 Å². The van der Waals surface area contributed by atoms with Crippen LogP contribution in [0.1, 0.15) is 13.3 Å². The fraction of sp³-hybridized carbons (Fsp3) is 0.286. The van der Waals surface area contributed by atoms with E-state index in [-0.39, 0.29) is 0 Å². The zero-order valence-corrected chi connectivity index (χ0v) is 5.26. The van der Waals surface area contributed by atoms with Gasteiger partial charge in [-0.2, -0.15) is 0 Å². The summed E-state index contributed by atoms with van der Waals surface area (Å²) in [6.07, 6.45) is 7.39. The maximum Gasteiger partial charge on any atom is 0.0868 e. The van der Waals surface area contributed by atoms with Crippen molar-refractivity contribution in [2.75, 3.05) is 0 Å². The molecular weight excluding hydrogens is 114 g/mol. The molecular formula is C7H8NO. The second-order valence-electron chi connectivity index (χ2n) is 1.92. The van der Waals surface area contributed by atoms with E-state index >= 15 is 0 Å². The second-order valence-corrected chi connectivity index (χ2v) is 1.92. The summed E-state index contributed by atoms with van der Waals surface area (Å²) in [7, 11) is 0. The van der Waals surface area contributed by atoms with Crippen LogP contribution in [0.25, 0.3) is 0 Å². The quantitative estimate of drug-likeness (QED) is 0.383. The summed E-state index contributed by atoms with van der Waals surface area (Å²) in [5.74, 6) is 0. The summed E-state index contributed by atoms with van der Waals surface area (Å²) in [5, 5.41) is 11.4. The van der Waals surface area contributed by atoms with Crippen LogP contribution in [0.5, 0.6) is 0 Å². The first kappa shape index (κ1) is 6.08. The molecule has 1 N–H and O–H groups in total. The van der Waals surface area contributed by atoms with Crippen LogP contribution in [0.3, 0.4) is 0 Å². The van der Waals surface area contributed by atoms with Crippen LogP contribution in [-0.4, -0.2) is 10.9 Å². The minimum atomic E-state index is 0.706. The Kier molecular flexibility index (Phi) is 1.68. The lowest BCUT2D eigenvalue weighted by molar-refractivity contribution is 0.318. The van der Waals surface area contributed by atoms with Gasteiger partial charge < -0.3 is 5.21 Å². The van der Waals surface area contributed by atoms with E-state index in [1.807, 2.05) is 19.1 Å². The maximum absolute atomic E-state index is 8.35. The fourth-order valence-electron chi connectivity index (χ4n) is 0.707. The number of oxime groups is 1. The normalized spacial score (nSPS) is 22.3. The third-order valence-electron chi connectivity index (χ3n) is 1.28. The highest BCUT2D eigenvalue weighted by Crippen LogP contribution is 2.06. The van der Waals surface area contributed by atoms with Gasteiger partial charge in [0.05, 0.1) is 5.71 Å². The first-order valence-electron chi connectivity index (χ1n) is 2.81. The Labute approximate surface area is 54.2 Å². The van der Waals surface area contributed by atoms with Crippen LogP contribution in [0, 0.1) is 6.08 Å². The molecule has 1 aliphatic carbocycles. The number of hydrogen-bond donors (Lipinski definition) is 1. The lowest BCUT2D eigenvalue weighted by Gasteiger charge is -2.02. The highest BCUT2D eigenvalue weighted by Gasteiger charge is 2.02. The molecule has 0 heterocycles. The molecule has 0 fully saturated rings. The Balaban J connectivity index is 2.83. The summed E-state index contributed by atoms with van der Waals surface area (Å²) in [6, 6.07) is 0. The average Bonchev–Trinajstić information content (AvgIpc) is 1.89. The summed E-state index contributed by atoms with van der Waals surface area (Å²) in [6.45, 7) is 1.87. The van der Waals surface area contributed by atoms with Gasteiger partial charge in [-0.3, -0.25) is 0 Å². The molecule has 2 heteroatoms. The molecule has 0 saturated carbocycles. The number of rotatable bonds is 0. The standard InChI is InChI=1S/C7H8NO/c1-6-4-2-3-5-7(6)8-9/h2-3,9H,5H2,1H3. The Bertz CT molecular complexity index is 189. The van der Waals surface area contributed by atoms with Crippen molar-refractivity contribution >= 4 is 5.71 Å². The number of nitrogens with zero attached hydrogens (tertiary/aromatic N) is 1. The van der Waals surface area contributed by atoms with E-state index < -0.39 is 0 Å². The van der Waals surface area contributed by atoms with E-state index in [4.69, 9.17) is 5.21 Å². The lowest BCUT2D eigenvalue weighted by atomic mass is 10.1. The van der Waals surface area contributed by atoms with E-state index in [0.717, 1.165) is 12.0 Å². The van der Waals surface area contributed by atoms with Gasteiger partial charge in [0.1, 0.15) is 0 Å². The van der Waals surface area contributed by atoms with Crippen molar-refractivity contribution in [3.05, 3.63) is 23.8 Å². The smallest absolute Gasteiger partial charge is 0.0868 e. The molecule has 0 saturated heterocycles. The van der Waals surface area contributed by atoms with E-state index in [1.165, 1.54) is 0 Å². The molecule has 0 atom stereocenters. The molecule has 0 aliphatic heterocycles. The average molecular weight is 122 g/mol. The predicted octanol–water partition coefficient (Wildman–Crippen LogP) is 1.53. The van der Waals surface area contributed by atoms with E-state index in [9.17, 15) is 0 Å². The van der Waals surface area contributed by atoms with Crippen LogP contribution < -0.4 is 0 Å². The van der Waals surface area contributed by atoms with E-state index in [2.05, 4.69) is 11.2 Å². The summed E-state index contributed by atoms with van der Waals surface area (Å²) >= 11 is 0. The highest BCUT2D eigenvalue weighted by molar-refractivity contribution is 6.00. The van der Waals surface area contributed by atoms with Gasteiger partial charge >= 0.3 is 0 Å². The van der Waals surface area contributed by atoms with Crippen LogP contribution in [-0.2, 0) is 0 Å². The van der Waals surface area contributed by atoms with Crippen LogP contribution >= 0.6 is 0 Å². The molecule has 0 spiro atoms. The van der Waals surface area contributed by atoms with Crippen molar-refractivity contribution in [2.45, 2.75) is 13.3 Å². The SMILES string of the molecule is CC1=[C]C=CCC1=NO. The Morgan fingerprint density at radius 1 is 1.78 bits per heavy atom. The number of hydrogen-bond acceptors (Lipinski definition) is 2. The van der Waals surface area contributed by atoms with Crippen molar-refractivity contribution in [1.82, 2.24) is 0 Å². The van der Waals surface area contributed by atoms with Crippen LogP contribution in [0.4, 0.5) is 0 Å². The topological polar surface area (TPSA) is 32.6 Å². The van der Waals surface area contributed by atoms with Gasteiger partial charge in [-0.1, -0.05) is 17.3 Å². The Morgan fingerprint density at radius 2 is 2.56 bits per heavy atom. The van der Waals surface area contributed by atoms with Crippen LogP contribution in [0.2, 0.25) is 0 Å². The molecule has 0 unspecified atom stereocenters. The second kappa shape index (κ2) is 2.49. The molecule has 0 aromatic heterocycles. The zero-order chi connectivity index (χ0) is 6.69. The monoisotopic (exact) mass is 122 g/mol. The third-order valence-corrected chi connectivity index (χ3v) is 1.28. The lowest BCUT2D eigenvalue weighted by Crippen LogP contribution is -2.01. The molecule has 1 aliphatic rings.